The van der Waals surface area contributed by atoms with Crippen LogP contribution in [-0.2, 0) is 0 Å². The first-order valence-electron chi connectivity index (χ1n) is 6.45. The van der Waals surface area contributed by atoms with Crippen molar-refractivity contribution in [2.45, 2.75) is 31.7 Å². The van der Waals surface area contributed by atoms with E-state index in [-0.39, 0.29) is 5.91 Å². The number of carbonyl (C=O) groups excluding carboxylic acids is 1. The number of benzene rings is 1. The van der Waals surface area contributed by atoms with Gasteiger partial charge in [0.15, 0.2) is 0 Å². The van der Waals surface area contributed by atoms with E-state index in [2.05, 4.69) is 31.9 Å². The first-order chi connectivity index (χ1) is 9.13. The number of halogens is 3. The van der Waals surface area contributed by atoms with E-state index in [1.165, 1.54) is 6.42 Å². The Kier molecular flexibility index (Phi) is 5.72. The maximum atomic E-state index is 12.7. The maximum absolute atomic E-state index is 12.7. The lowest BCUT2D eigenvalue weighted by Gasteiger charge is -2.36. The predicted molar refractivity (Wildman–Crippen MR) is 86.2 cm³/mol. The van der Waals surface area contributed by atoms with Gasteiger partial charge in [-0.15, -0.1) is 0 Å². The van der Waals surface area contributed by atoms with Crippen LogP contribution in [0.1, 0.15) is 36.0 Å². The van der Waals surface area contributed by atoms with Crippen LogP contribution >= 0.6 is 43.5 Å². The molecular formula is C14H16Br2ClNO. The topological polar surface area (TPSA) is 20.3 Å². The largest absolute Gasteiger partial charge is 0.336 e. The zero-order valence-corrected chi connectivity index (χ0v) is 14.5. The van der Waals surface area contributed by atoms with Gasteiger partial charge in [-0.2, -0.15) is 0 Å². The summed E-state index contributed by atoms with van der Waals surface area (Å²) in [6.07, 6.45) is 4.37. The maximum Gasteiger partial charge on any atom is 0.255 e. The van der Waals surface area contributed by atoms with E-state index in [4.69, 9.17) is 11.6 Å². The lowest BCUT2D eigenvalue weighted by Crippen LogP contribution is -2.44. The molecule has 1 saturated heterocycles. The van der Waals surface area contributed by atoms with Gasteiger partial charge in [-0.05, 0) is 43.9 Å². The fourth-order valence-electron chi connectivity index (χ4n) is 2.51. The third-order valence-corrected chi connectivity index (χ3v) is 4.77. The summed E-state index contributed by atoms with van der Waals surface area (Å²) in [7, 11) is 0. The highest BCUT2D eigenvalue weighted by Gasteiger charge is 2.28. The van der Waals surface area contributed by atoms with Crippen LogP contribution in [0.3, 0.4) is 0 Å². The molecule has 1 aliphatic rings. The van der Waals surface area contributed by atoms with Crippen molar-refractivity contribution in [2.24, 2.45) is 0 Å². The van der Waals surface area contributed by atoms with Gasteiger partial charge in [-0.1, -0.05) is 43.5 Å². The first-order valence-corrected chi connectivity index (χ1v) is 8.74. The molecule has 5 heteroatoms. The van der Waals surface area contributed by atoms with Crippen LogP contribution in [0.5, 0.6) is 0 Å². The minimum absolute atomic E-state index is 0.0527. The summed E-state index contributed by atoms with van der Waals surface area (Å²) < 4.78 is 0.884. The lowest BCUT2D eigenvalue weighted by atomic mass is 9.99. The number of nitrogens with zero attached hydrogens (tertiary/aromatic N) is 1. The molecule has 0 aliphatic carbocycles. The van der Waals surface area contributed by atoms with E-state index in [0.717, 1.165) is 35.6 Å². The van der Waals surface area contributed by atoms with Gasteiger partial charge in [0, 0.05) is 22.4 Å². The summed E-state index contributed by atoms with van der Waals surface area (Å²) in [5.41, 5.74) is 0.595. The Labute approximate surface area is 135 Å². The van der Waals surface area contributed by atoms with Crippen molar-refractivity contribution in [1.29, 1.82) is 0 Å². The minimum Gasteiger partial charge on any atom is -0.336 e. The summed E-state index contributed by atoms with van der Waals surface area (Å²) in [6, 6.07) is 5.76. The van der Waals surface area contributed by atoms with Crippen LogP contribution in [0, 0.1) is 0 Å². The van der Waals surface area contributed by atoms with Crippen LogP contribution in [-0.4, -0.2) is 28.7 Å². The second-order valence-electron chi connectivity index (χ2n) is 4.75. The number of hydrogen-bond acceptors (Lipinski definition) is 1. The molecule has 1 aromatic carbocycles. The fraction of sp³-hybridized carbons (Fsp3) is 0.500. The molecule has 0 saturated carbocycles. The third-order valence-electron chi connectivity index (χ3n) is 3.49. The molecule has 0 N–H and O–H groups in total. The number of rotatable bonds is 3. The zero-order chi connectivity index (χ0) is 13.8. The average Bonchev–Trinajstić information content (AvgIpc) is 2.42. The molecule has 104 valence electrons. The van der Waals surface area contributed by atoms with Gasteiger partial charge < -0.3 is 4.90 Å². The van der Waals surface area contributed by atoms with E-state index in [0.29, 0.717) is 16.6 Å². The zero-order valence-electron chi connectivity index (χ0n) is 10.5. The summed E-state index contributed by atoms with van der Waals surface area (Å²) in [5, 5.41) is 1.45. The van der Waals surface area contributed by atoms with Gasteiger partial charge in [0.1, 0.15) is 0 Å². The molecule has 1 heterocycles. The molecular weight excluding hydrogens is 393 g/mol. The first kappa shape index (κ1) is 15.3. The molecule has 1 aromatic rings. The van der Waals surface area contributed by atoms with Gasteiger partial charge in [0.05, 0.1) is 10.6 Å². The Morgan fingerprint density at radius 1 is 1.42 bits per heavy atom. The van der Waals surface area contributed by atoms with Gasteiger partial charge in [0.2, 0.25) is 0 Å². The van der Waals surface area contributed by atoms with Crippen LogP contribution in [0.15, 0.2) is 22.7 Å². The number of piperidine rings is 1. The Bertz CT molecular complexity index is 465. The quantitative estimate of drug-likeness (QED) is 0.652. The normalized spacial score (nSPS) is 19.5. The molecule has 0 radical (unpaired) electrons. The fourth-order valence-corrected chi connectivity index (χ4v) is 3.60. The standard InChI is InChI=1S/C14H16Br2ClNO/c15-7-6-11-3-1-2-8-18(11)14(19)12-9-10(16)4-5-13(12)17/h4-5,9,11H,1-3,6-8H2. The van der Waals surface area contributed by atoms with Gasteiger partial charge in [-0.25, -0.2) is 0 Å². The van der Waals surface area contributed by atoms with Crippen molar-refractivity contribution >= 4 is 49.4 Å². The molecule has 2 nitrogen and oxygen atoms in total. The highest BCUT2D eigenvalue weighted by Crippen LogP contribution is 2.27. The highest BCUT2D eigenvalue weighted by atomic mass is 79.9. The average molecular weight is 410 g/mol. The minimum atomic E-state index is 0.0527. The van der Waals surface area contributed by atoms with Crippen molar-refractivity contribution < 1.29 is 4.79 Å². The summed E-state index contributed by atoms with van der Waals surface area (Å²) in [4.78, 5) is 14.6. The van der Waals surface area contributed by atoms with Gasteiger partial charge >= 0.3 is 0 Å². The number of carbonyl (C=O) groups is 1. The molecule has 1 atom stereocenters. The number of alkyl halides is 1. The molecule has 0 aromatic heterocycles. The lowest BCUT2D eigenvalue weighted by molar-refractivity contribution is 0.0610. The Hall–Kier alpha value is -0.0600. The van der Waals surface area contributed by atoms with Crippen molar-refractivity contribution in [3.8, 4) is 0 Å². The molecule has 0 spiro atoms. The van der Waals surface area contributed by atoms with Crippen molar-refractivity contribution in [1.82, 2.24) is 4.90 Å². The number of amides is 1. The summed E-state index contributed by atoms with van der Waals surface area (Å²) in [5.74, 6) is 0.0527. The molecule has 1 amide bonds. The molecule has 1 unspecified atom stereocenters. The Morgan fingerprint density at radius 2 is 2.21 bits per heavy atom. The molecule has 2 rings (SSSR count). The van der Waals surface area contributed by atoms with E-state index >= 15 is 0 Å². The SMILES string of the molecule is O=C(c1cc(Br)ccc1Cl)N1CCCCC1CCBr. The van der Waals surface area contributed by atoms with Gasteiger partial charge in [-0.3, -0.25) is 4.79 Å². The van der Waals surface area contributed by atoms with Crippen LogP contribution < -0.4 is 0 Å². The van der Waals surface area contributed by atoms with E-state index in [1.54, 1.807) is 6.07 Å². The molecule has 1 fully saturated rings. The monoisotopic (exact) mass is 407 g/mol. The predicted octanol–water partition coefficient (Wildman–Crippen LogP) is 4.88. The second kappa shape index (κ2) is 7.09. The van der Waals surface area contributed by atoms with E-state index in [1.807, 2.05) is 17.0 Å². The molecule has 0 bridgehead atoms. The highest BCUT2D eigenvalue weighted by molar-refractivity contribution is 9.10. The Morgan fingerprint density at radius 3 is 2.95 bits per heavy atom. The summed E-state index contributed by atoms with van der Waals surface area (Å²) >= 11 is 13.0. The van der Waals surface area contributed by atoms with Crippen molar-refractivity contribution in [3.05, 3.63) is 33.3 Å². The van der Waals surface area contributed by atoms with Crippen LogP contribution in [0.4, 0.5) is 0 Å². The number of likely N-dealkylation sites (tertiary alicyclic amines) is 1. The second-order valence-corrected chi connectivity index (χ2v) is 6.87. The third kappa shape index (κ3) is 3.73. The van der Waals surface area contributed by atoms with Crippen LogP contribution in [0.2, 0.25) is 5.02 Å². The number of hydrogen-bond donors (Lipinski definition) is 0. The molecule has 1 aliphatic heterocycles. The van der Waals surface area contributed by atoms with Crippen molar-refractivity contribution in [3.63, 3.8) is 0 Å². The molecule has 19 heavy (non-hydrogen) atoms. The van der Waals surface area contributed by atoms with E-state index in [9.17, 15) is 4.79 Å². The Balaban J connectivity index is 2.23. The summed E-state index contributed by atoms with van der Waals surface area (Å²) in [6.45, 7) is 0.833. The smallest absolute Gasteiger partial charge is 0.255 e. The van der Waals surface area contributed by atoms with E-state index < -0.39 is 0 Å². The van der Waals surface area contributed by atoms with Gasteiger partial charge in [0.25, 0.3) is 5.91 Å². The van der Waals surface area contributed by atoms with Crippen molar-refractivity contribution in [2.75, 3.05) is 11.9 Å². The van der Waals surface area contributed by atoms with Crippen LogP contribution in [0.25, 0.3) is 0 Å².